The molecule has 0 unspecified atom stereocenters. The minimum atomic E-state index is 0.273. The van der Waals surface area contributed by atoms with Gasteiger partial charge in [-0.25, -0.2) is 0 Å². The predicted molar refractivity (Wildman–Crippen MR) is 79.9 cm³/mol. The normalized spacial score (nSPS) is 27.9. The summed E-state index contributed by atoms with van der Waals surface area (Å²) in [6.45, 7) is 5.91. The Morgan fingerprint density at radius 3 is 3.15 bits per heavy atom. The van der Waals surface area contributed by atoms with Crippen molar-refractivity contribution in [3.63, 3.8) is 0 Å². The molecule has 110 valence electrons. The number of carbonyl (C=O) groups is 1. The maximum atomic E-state index is 12.6. The van der Waals surface area contributed by atoms with Gasteiger partial charge >= 0.3 is 0 Å². The lowest BCUT2D eigenvalue weighted by Crippen LogP contribution is -2.49. The van der Waals surface area contributed by atoms with Crippen molar-refractivity contribution in [3.05, 3.63) is 22.4 Å². The smallest absolute Gasteiger partial charge is 0.237 e. The molecule has 0 aliphatic carbocycles. The zero-order chi connectivity index (χ0) is 13.9. The van der Waals surface area contributed by atoms with E-state index in [1.807, 2.05) is 0 Å². The van der Waals surface area contributed by atoms with Crippen LogP contribution in [0.25, 0.3) is 0 Å². The monoisotopic (exact) mass is 294 g/mol. The van der Waals surface area contributed by atoms with E-state index in [1.165, 1.54) is 4.88 Å². The van der Waals surface area contributed by atoms with Crippen LogP contribution in [0.1, 0.15) is 30.7 Å². The lowest BCUT2D eigenvalue weighted by atomic mass is 10.2. The van der Waals surface area contributed by atoms with Crippen LogP contribution in [0.15, 0.2) is 17.5 Å². The molecule has 2 aliphatic rings. The van der Waals surface area contributed by atoms with E-state index in [2.05, 4.69) is 34.2 Å². The molecule has 2 saturated heterocycles. The van der Waals surface area contributed by atoms with E-state index in [-0.39, 0.29) is 5.91 Å². The number of ether oxygens (including phenoxy) is 1. The Labute approximate surface area is 124 Å². The van der Waals surface area contributed by atoms with E-state index in [9.17, 15) is 4.79 Å². The Balaban J connectivity index is 1.64. The van der Waals surface area contributed by atoms with Gasteiger partial charge in [0.15, 0.2) is 0 Å². The molecular weight excluding hydrogens is 272 g/mol. The number of amides is 1. The largest absolute Gasteiger partial charge is 0.379 e. The van der Waals surface area contributed by atoms with Gasteiger partial charge in [0.1, 0.15) is 0 Å². The molecule has 0 radical (unpaired) electrons. The molecule has 5 heteroatoms. The number of likely N-dealkylation sites (tertiary alicyclic amines) is 1. The summed E-state index contributed by atoms with van der Waals surface area (Å²) in [6, 6.07) is 4.87. The zero-order valence-electron chi connectivity index (χ0n) is 12.0. The summed E-state index contributed by atoms with van der Waals surface area (Å²) >= 11 is 1.76. The minimum Gasteiger partial charge on any atom is -0.379 e. The van der Waals surface area contributed by atoms with Crippen molar-refractivity contribution in [1.29, 1.82) is 0 Å². The van der Waals surface area contributed by atoms with Crippen LogP contribution in [-0.4, -0.2) is 54.6 Å². The van der Waals surface area contributed by atoms with Crippen LogP contribution in [0.5, 0.6) is 0 Å². The minimum absolute atomic E-state index is 0.273. The highest BCUT2D eigenvalue weighted by Gasteiger charge is 2.32. The van der Waals surface area contributed by atoms with E-state index >= 15 is 0 Å². The van der Waals surface area contributed by atoms with Crippen molar-refractivity contribution in [2.75, 3.05) is 32.8 Å². The van der Waals surface area contributed by atoms with Gasteiger partial charge in [0.05, 0.1) is 25.8 Å². The molecule has 1 aromatic rings. The molecule has 3 heterocycles. The average molecular weight is 294 g/mol. The fourth-order valence-electron chi connectivity index (χ4n) is 3.10. The average Bonchev–Trinajstić information content (AvgIpc) is 3.11. The highest BCUT2D eigenvalue weighted by atomic mass is 32.1. The van der Waals surface area contributed by atoms with Crippen LogP contribution >= 0.6 is 11.3 Å². The molecule has 0 bridgehead atoms. The molecule has 0 N–H and O–H groups in total. The fraction of sp³-hybridized carbons (Fsp3) is 0.667. The molecule has 0 saturated carbocycles. The Kier molecular flexibility index (Phi) is 4.38. The summed E-state index contributed by atoms with van der Waals surface area (Å²) in [5.41, 5.74) is 0. The number of rotatable bonds is 3. The highest BCUT2D eigenvalue weighted by molar-refractivity contribution is 7.10. The number of nitrogens with zero attached hydrogens (tertiary/aromatic N) is 2. The highest BCUT2D eigenvalue weighted by Crippen LogP contribution is 2.34. The second-order valence-corrected chi connectivity index (χ2v) is 6.63. The molecule has 1 aromatic heterocycles. The van der Waals surface area contributed by atoms with Crippen molar-refractivity contribution >= 4 is 17.2 Å². The molecule has 2 aliphatic heterocycles. The molecule has 2 atom stereocenters. The van der Waals surface area contributed by atoms with Crippen LogP contribution in [0.3, 0.4) is 0 Å². The Bertz CT molecular complexity index is 449. The standard InChI is InChI=1S/C15H22N2O2S/c1-12-11-19-8-7-16(12)10-15(18)17-6-2-4-13(17)14-5-3-9-20-14/h3,5,9,12-13H,2,4,6-8,10-11H2,1H3/t12-,13+/m1/s1. The van der Waals surface area contributed by atoms with Crippen LogP contribution in [-0.2, 0) is 9.53 Å². The molecule has 0 spiro atoms. The van der Waals surface area contributed by atoms with E-state index in [0.717, 1.165) is 39.1 Å². The van der Waals surface area contributed by atoms with Gasteiger partial charge in [-0.15, -0.1) is 11.3 Å². The molecule has 20 heavy (non-hydrogen) atoms. The summed E-state index contributed by atoms with van der Waals surface area (Å²) in [5.74, 6) is 0.273. The number of morpholine rings is 1. The van der Waals surface area contributed by atoms with E-state index in [1.54, 1.807) is 11.3 Å². The van der Waals surface area contributed by atoms with Crippen molar-refractivity contribution in [2.24, 2.45) is 0 Å². The first-order valence-electron chi connectivity index (χ1n) is 7.40. The maximum Gasteiger partial charge on any atom is 0.237 e. The summed E-state index contributed by atoms with van der Waals surface area (Å²) < 4.78 is 5.43. The molecule has 1 amide bonds. The molecule has 4 nitrogen and oxygen atoms in total. The molecule has 3 rings (SSSR count). The van der Waals surface area contributed by atoms with E-state index in [0.29, 0.717) is 18.6 Å². The third kappa shape index (κ3) is 2.90. The van der Waals surface area contributed by atoms with Crippen molar-refractivity contribution in [3.8, 4) is 0 Å². The van der Waals surface area contributed by atoms with Gasteiger partial charge in [0.25, 0.3) is 0 Å². The van der Waals surface area contributed by atoms with Crippen molar-refractivity contribution < 1.29 is 9.53 Å². The summed E-state index contributed by atoms with van der Waals surface area (Å²) in [6.07, 6.45) is 2.22. The Morgan fingerprint density at radius 2 is 2.40 bits per heavy atom. The van der Waals surface area contributed by atoms with Crippen molar-refractivity contribution in [1.82, 2.24) is 9.80 Å². The lowest BCUT2D eigenvalue weighted by Gasteiger charge is -2.34. The van der Waals surface area contributed by atoms with Crippen molar-refractivity contribution in [2.45, 2.75) is 31.8 Å². The summed E-state index contributed by atoms with van der Waals surface area (Å²) in [5, 5.41) is 2.10. The van der Waals surface area contributed by atoms with E-state index in [4.69, 9.17) is 4.74 Å². The maximum absolute atomic E-state index is 12.6. The topological polar surface area (TPSA) is 32.8 Å². The zero-order valence-corrected chi connectivity index (χ0v) is 12.8. The predicted octanol–water partition coefficient (Wildman–Crippen LogP) is 2.13. The summed E-state index contributed by atoms with van der Waals surface area (Å²) in [4.78, 5) is 18.3. The van der Waals surface area contributed by atoms with Crippen LogP contribution in [0.2, 0.25) is 0 Å². The molecule has 2 fully saturated rings. The van der Waals surface area contributed by atoms with Gasteiger partial charge in [-0.2, -0.15) is 0 Å². The van der Waals surface area contributed by atoms with Crippen LogP contribution in [0, 0.1) is 0 Å². The first kappa shape index (κ1) is 14.0. The van der Waals surface area contributed by atoms with Gasteiger partial charge in [-0.3, -0.25) is 9.69 Å². The van der Waals surface area contributed by atoms with Gasteiger partial charge in [0, 0.05) is 24.0 Å². The third-order valence-electron chi connectivity index (χ3n) is 4.29. The van der Waals surface area contributed by atoms with E-state index < -0.39 is 0 Å². The second-order valence-electron chi connectivity index (χ2n) is 5.65. The Morgan fingerprint density at radius 1 is 1.50 bits per heavy atom. The fourth-order valence-corrected chi connectivity index (χ4v) is 3.98. The lowest BCUT2D eigenvalue weighted by molar-refractivity contribution is -0.135. The quantitative estimate of drug-likeness (QED) is 0.856. The molecular formula is C15H22N2O2S. The van der Waals surface area contributed by atoms with Gasteiger partial charge < -0.3 is 9.64 Å². The third-order valence-corrected chi connectivity index (χ3v) is 5.26. The van der Waals surface area contributed by atoms with Gasteiger partial charge in [-0.1, -0.05) is 6.07 Å². The SMILES string of the molecule is C[C@@H]1COCCN1CC(=O)N1CCC[C@H]1c1cccs1. The first-order chi connectivity index (χ1) is 9.75. The molecule has 0 aromatic carbocycles. The van der Waals surface area contributed by atoms with Crippen LogP contribution < -0.4 is 0 Å². The number of hydrogen-bond donors (Lipinski definition) is 0. The Hall–Kier alpha value is -0.910. The number of thiophene rings is 1. The van der Waals surface area contributed by atoms with Gasteiger partial charge in [-0.05, 0) is 31.2 Å². The number of hydrogen-bond acceptors (Lipinski definition) is 4. The first-order valence-corrected chi connectivity index (χ1v) is 8.28. The summed E-state index contributed by atoms with van der Waals surface area (Å²) in [7, 11) is 0. The van der Waals surface area contributed by atoms with Crippen LogP contribution in [0.4, 0.5) is 0 Å². The number of carbonyl (C=O) groups excluding carboxylic acids is 1. The second kappa shape index (κ2) is 6.24. The van der Waals surface area contributed by atoms with Gasteiger partial charge in [0.2, 0.25) is 5.91 Å².